The van der Waals surface area contributed by atoms with Crippen LogP contribution >= 0.6 is 0 Å². The number of nitrogens with zero attached hydrogens (tertiary/aromatic N) is 2. The van der Waals surface area contributed by atoms with Gasteiger partial charge >= 0.3 is 0 Å². The monoisotopic (exact) mass is 148 g/mol. The molecule has 2 aliphatic heterocycles. The van der Waals surface area contributed by atoms with Crippen LogP contribution < -0.4 is 0 Å². The third-order valence-electron chi connectivity index (χ3n) is 1.96. The number of rotatable bonds is 0. The van der Waals surface area contributed by atoms with Gasteiger partial charge in [-0.25, -0.2) is 0 Å². The van der Waals surface area contributed by atoms with E-state index in [1.54, 1.807) is 0 Å². The SMILES string of the molecule is C1=CN(C2=NCCC2)C=CC1. The lowest BCUT2D eigenvalue weighted by Gasteiger charge is -2.16. The smallest absolute Gasteiger partial charge is 0.107 e. The van der Waals surface area contributed by atoms with Crippen molar-refractivity contribution >= 4 is 5.84 Å². The third kappa shape index (κ3) is 1.34. The van der Waals surface area contributed by atoms with Crippen molar-refractivity contribution in [2.75, 3.05) is 6.54 Å². The van der Waals surface area contributed by atoms with Gasteiger partial charge in [0.25, 0.3) is 0 Å². The second-order valence-corrected chi connectivity index (χ2v) is 2.81. The van der Waals surface area contributed by atoms with Crippen LogP contribution in [0.15, 0.2) is 29.5 Å². The molecule has 2 nitrogen and oxygen atoms in total. The molecule has 58 valence electrons. The topological polar surface area (TPSA) is 15.6 Å². The Kier molecular flexibility index (Phi) is 1.76. The molecule has 0 bridgehead atoms. The normalized spacial score (nSPS) is 22.5. The maximum absolute atomic E-state index is 4.40. The second kappa shape index (κ2) is 2.91. The van der Waals surface area contributed by atoms with Crippen LogP contribution in [0.1, 0.15) is 19.3 Å². The maximum Gasteiger partial charge on any atom is 0.107 e. The quantitative estimate of drug-likeness (QED) is 0.512. The van der Waals surface area contributed by atoms with Crippen LogP contribution in [0.5, 0.6) is 0 Å². The highest BCUT2D eigenvalue weighted by Crippen LogP contribution is 2.12. The summed E-state index contributed by atoms with van der Waals surface area (Å²) in [5, 5.41) is 0. The average Bonchev–Trinajstić information content (AvgIpc) is 2.58. The Morgan fingerprint density at radius 3 is 2.73 bits per heavy atom. The van der Waals surface area contributed by atoms with Crippen molar-refractivity contribution in [3.63, 3.8) is 0 Å². The number of hydrogen-bond acceptors (Lipinski definition) is 2. The first-order valence-corrected chi connectivity index (χ1v) is 4.12. The summed E-state index contributed by atoms with van der Waals surface area (Å²) in [7, 11) is 0. The summed E-state index contributed by atoms with van der Waals surface area (Å²) in [6, 6.07) is 0. The van der Waals surface area contributed by atoms with Gasteiger partial charge < -0.3 is 4.90 Å². The van der Waals surface area contributed by atoms with E-state index in [2.05, 4.69) is 34.4 Å². The summed E-state index contributed by atoms with van der Waals surface area (Å²) >= 11 is 0. The highest BCUT2D eigenvalue weighted by Gasteiger charge is 2.10. The largest absolute Gasteiger partial charge is 0.313 e. The summed E-state index contributed by atoms with van der Waals surface area (Å²) < 4.78 is 0. The number of hydrogen-bond donors (Lipinski definition) is 0. The molecule has 0 fully saturated rings. The molecule has 0 aromatic carbocycles. The molecule has 0 unspecified atom stereocenters. The van der Waals surface area contributed by atoms with E-state index in [1.165, 1.54) is 12.3 Å². The fraction of sp³-hybridized carbons (Fsp3) is 0.444. The lowest BCUT2D eigenvalue weighted by Crippen LogP contribution is -2.18. The third-order valence-corrected chi connectivity index (χ3v) is 1.96. The first-order chi connectivity index (χ1) is 5.47. The molecule has 0 aromatic rings. The van der Waals surface area contributed by atoms with Crippen LogP contribution in [-0.4, -0.2) is 17.3 Å². The van der Waals surface area contributed by atoms with Crippen LogP contribution in [-0.2, 0) is 0 Å². The van der Waals surface area contributed by atoms with Gasteiger partial charge in [0.15, 0.2) is 0 Å². The molecule has 0 N–H and O–H groups in total. The van der Waals surface area contributed by atoms with Crippen molar-refractivity contribution in [1.82, 2.24) is 4.90 Å². The Balaban J connectivity index is 2.08. The number of allylic oxidation sites excluding steroid dienone is 2. The molecule has 0 aromatic heterocycles. The van der Waals surface area contributed by atoms with E-state index in [4.69, 9.17) is 0 Å². The number of aliphatic imine (C=N–C) groups is 1. The molecule has 2 aliphatic rings. The summed E-state index contributed by atoms with van der Waals surface area (Å²) in [6.45, 7) is 1.01. The van der Waals surface area contributed by atoms with Crippen LogP contribution in [0.4, 0.5) is 0 Å². The van der Waals surface area contributed by atoms with Gasteiger partial charge in [-0.15, -0.1) is 0 Å². The Morgan fingerprint density at radius 1 is 1.27 bits per heavy atom. The zero-order chi connectivity index (χ0) is 7.52. The van der Waals surface area contributed by atoms with Crippen molar-refractivity contribution in [3.8, 4) is 0 Å². The van der Waals surface area contributed by atoms with Gasteiger partial charge in [0.2, 0.25) is 0 Å². The molecule has 0 radical (unpaired) electrons. The summed E-state index contributed by atoms with van der Waals surface area (Å²) in [5.74, 6) is 1.22. The molecule has 11 heavy (non-hydrogen) atoms. The van der Waals surface area contributed by atoms with Crippen LogP contribution in [0.25, 0.3) is 0 Å². The lowest BCUT2D eigenvalue weighted by molar-refractivity contribution is 0.722. The summed E-state index contributed by atoms with van der Waals surface area (Å²) in [4.78, 5) is 6.52. The van der Waals surface area contributed by atoms with Crippen LogP contribution in [0, 0.1) is 0 Å². The fourth-order valence-corrected chi connectivity index (χ4v) is 1.38. The minimum absolute atomic E-state index is 1.01. The lowest BCUT2D eigenvalue weighted by atomic mass is 10.3. The van der Waals surface area contributed by atoms with Gasteiger partial charge in [0.05, 0.1) is 0 Å². The molecular weight excluding hydrogens is 136 g/mol. The summed E-state index contributed by atoms with van der Waals surface area (Å²) in [6.07, 6.45) is 11.9. The molecule has 0 atom stereocenters. The van der Waals surface area contributed by atoms with Crippen molar-refractivity contribution in [1.29, 1.82) is 0 Å². The van der Waals surface area contributed by atoms with E-state index in [1.807, 2.05) is 0 Å². The highest BCUT2D eigenvalue weighted by molar-refractivity contribution is 5.85. The van der Waals surface area contributed by atoms with E-state index in [0.717, 1.165) is 19.4 Å². The zero-order valence-corrected chi connectivity index (χ0v) is 6.53. The van der Waals surface area contributed by atoms with Gasteiger partial charge in [0, 0.05) is 25.4 Å². The van der Waals surface area contributed by atoms with E-state index in [9.17, 15) is 0 Å². The van der Waals surface area contributed by atoms with Crippen molar-refractivity contribution in [3.05, 3.63) is 24.6 Å². The van der Waals surface area contributed by atoms with E-state index < -0.39 is 0 Å². The molecule has 2 heterocycles. The van der Waals surface area contributed by atoms with Crippen LogP contribution in [0.3, 0.4) is 0 Å². The number of amidine groups is 1. The molecule has 2 rings (SSSR count). The molecule has 0 saturated heterocycles. The van der Waals surface area contributed by atoms with Crippen molar-refractivity contribution in [2.24, 2.45) is 4.99 Å². The van der Waals surface area contributed by atoms with E-state index in [-0.39, 0.29) is 0 Å². The molecule has 0 amide bonds. The van der Waals surface area contributed by atoms with E-state index in [0.29, 0.717) is 0 Å². The highest BCUT2D eigenvalue weighted by atomic mass is 15.2. The zero-order valence-electron chi connectivity index (χ0n) is 6.53. The maximum atomic E-state index is 4.40. The Hall–Kier alpha value is -1.05. The van der Waals surface area contributed by atoms with Gasteiger partial charge in [-0.05, 0) is 12.8 Å². The molecular formula is C9H12N2. The Labute approximate surface area is 66.9 Å². The molecule has 0 spiro atoms. The molecule has 0 aliphatic carbocycles. The predicted octanol–water partition coefficient (Wildman–Crippen LogP) is 1.91. The first kappa shape index (κ1) is 6.65. The Bertz CT molecular complexity index is 214. The fourth-order valence-electron chi connectivity index (χ4n) is 1.38. The Morgan fingerprint density at radius 2 is 2.09 bits per heavy atom. The molecule has 0 saturated carbocycles. The van der Waals surface area contributed by atoms with Gasteiger partial charge in [0.1, 0.15) is 5.84 Å². The van der Waals surface area contributed by atoms with E-state index >= 15 is 0 Å². The minimum atomic E-state index is 1.01. The van der Waals surface area contributed by atoms with Crippen molar-refractivity contribution in [2.45, 2.75) is 19.3 Å². The molecule has 2 heteroatoms. The van der Waals surface area contributed by atoms with Gasteiger partial charge in [-0.2, -0.15) is 0 Å². The van der Waals surface area contributed by atoms with Gasteiger partial charge in [-0.3, -0.25) is 4.99 Å². The van der Waals surface area contributed by atoms with Gasteiger partial charge in [-0.1, -0.05) is 12.2 Å². The van der Waals surface area contributed by atoms with Crippen LogP contribution in [0.2, 0.25) is 0 Å². The summed E-state index contributed by atoms with van der Waals surface area (Å²) in [5.41, 5.74) is 0. The standard InChI is InChI=1S/C9H12N2/c1-2-7-11(8-3-1)9-5-4-6-10-9/h2-3,7-8H,1,4-6H2. The predicted molar refractivity (Wildman–Crippen MR) is 46.3 cm³/mol. The second-order valence-electron chi connectivity index (χ2n) is 2.81. The average molecular weight is 148 g/mol. The minimum Gasteiger partial charge on any atom is -0.313 e. The first-order valence-electron chi connectivity index (χ1n) is 4.12. The van der Waals surface area contributed by atoms with Crippen molar-refractivity contribution < 1.29 is 0 Å².